The van der Waals surface area contributed by atoms with Gasteiger partial charge in [-0.05, 0) is 20.3 Å². The van der Waals surface area contributed by atoms with Crippen molar-refractivity contribution in [1.29, 1.82) is 5.26 Å². The molecule has 0 aromatic rings. The average Bonchev–Trinajstić information content (AvgIpc) is 2.12. The van der Waals surface area contributed by atoms with Crippen LogP contribution in [-0.2, 0) is 10.2 Å². The number of nitriles is 1. The smallest absolute Gasteiger partial charge is 0.197 e. The highest BCUT2D eigenvalue weighted by molar-refractivity contribution is 7.87. The Morgan fingerprint density at radius 2 is 2.00 bits per heavy atom. The van der Waals surface area contributed by atoms with Crippen molar-refractivity contribution in [2.24, 2.45) is 0 Å². The summed E-state index contributed by atoms with van der Waals surface area (Å²) in [5.74, 6) is 0. The van der Waals surface area contributed by atoms with Gasteiger partial charge in [-0.25, -0.2) is 0 Å². The van der Waals surface area contributed by atoms with E-state index in [0.717, 1.165) is 0 Å². The molecule has 0 heterocycles. The average molecular weight is 219 g/mol. The lowest BCUT2D eigenvalue weighted by molar-refractivity contribution is 0.399. The molecular weight excluding hydrogens is 202 g/mol. The van der Waals surface area contributed by atoms with Gasteiger partial charge in [-0.3, -0.25) is 0 Å². The quantitative estimate of drug-likeness (QED) is 0.730. The van der Waals surface area contributed by atoms with Crippen LogP contribution in [0, 0.1) is 11.3 Å². The molecule has 0 saturated heterocycles. The third-order valence-corrected chi connectivity index (χ3v) is 3.72. The Morgan fingerprint density at radius 1 is 1.50 bits per heavy atom. The summed E-state index contributed by atoms with van der Waals surface area (Å²) in [6.45, 7) is 5.30. The van der Waals surface area contributed by atoms with Gasteiger partial charge in [0.25, 0.3) is 10.2 Å². The van der Waals surface area contributed by atoms with Crippen molar-refractivity contribution in [2.75, 3.05) is 7.05 Å². The van der Waals surface area contributed by atoms with Crippen molar-refractivity contribution < 1.29 is 8.42 Å². The van der Waals surface area contributed by atoms with E-state index in [1.54, 1.807) is 20.8 Å². The molecular formula is C8H17N3O2S. The van der Waals surface area contributed by atoms with Crippen LogP contribution in [-0.4, -0.2) is 31.9 Å². The Hall–Kier alpha value is -0.640. The largest absolute Gasteiger partial charge is 0.280 e. The molecule has 0 rings (SSSR count). The van der Waals surface area contributed by atoms with Crippen molar-refractivity contribution in [3.63, 3.8) is 0 Å². The number of nitrogens with zero attached hydrogens (tertiary/aromatic N) is 2. The summed E-state index contributed by atoms with van der Waals surface area (Å²) in [6.07, 6.45) is 0.460. The molecule has 1 atom stereocenters. The van der Waals surface area contributed by atoms with Crippen molar-refractivity contribution in [1.82, 2.24) is 9.03 Å². The summed E-state index contributed by atoms with van der Waals surface area (Å²) < 4.78 is 26.6. The zero-order valence-electron chi connectivity index (χ0n) is 8.98. The molecule has 1 unspecified atom stereocenters. The van der Waals surface area contributed by atoms with Gasteiger partial charge in [0.1, 0.15) is 6.04 Å². The minimum atomic E-state index is -3.52. The van der Waals surface area contributed by atoms with Crippen LogP contribution < -0.4 is 4.72 Å². The third kappa shape index (κ3) is 3.62. The Kier molecular flexibility index (Phi) is 5.05. The highest BCUT2D eigenvalue weighted by Crippen LogP contribution is 2.02. The maximum Gasteiger partial charge on any atom is 0.280 e. The number of hydrogen-bond acceptors (Lipinski definition) is 3. The summed E-state index contributed by atoms with van der Waals surface area (Å²) in [5, 5.41) is 8.61. The van der Waals surface area contributed by atoms with Gasteiger partial charge in [-0.1, -0.05) is 6.92 Å². The molecule has 0 spiro atoms. The predicted molar refractivity (Wildman–Crippen MR) is 54.6 cm³/mol. The normalized spacial score (nSPS) is 14.4. The molecule has 1 N–H and O–H groups in total. The van der Waals surface area contributed by atoms with Crippen LogP contribution in [0.4, 0.5) is 0 Å². The van der Waals surface area contributed by atoms with Crippen LogP contribution in [0.1, 0.15) is 27.2 Å². The zero-order valence-corrected chi connectivity index (χ0v) is 9.80. The second kappa shape index (κ2) is 5.29. The maximum absolute atomic E-state index is 11.6. The minimum Gasteiger partial charge on any atom is -0.197 e. The van der Waals surface area contributed by atoms with Crippen LogP contribution in [0.5, 0.6) is 0 Å². The van der Waals surface area contributed by atoms with Crippen LogP contribution in [0.15, 0.2) is 0 Å². The fraction of sp³-hybridized carbons (Fsp3) is 0.875. The summed E-state index contributed by atoms with van der Waals surface area (Å²) >= 11 is 0. The van der Waals surface area contributed by atoms with Gasteiger partial charge in [0, 0.05) is 13.1 Å². The first kappa shape index (κ1) is 13.4. The number of nitrogens with one attached hydrogen (secondary N) is 1. The first-order valence-corrected chi connectivity index (χ1v) is 5.94. The highest BCUT2D eigenvalue weighted by Gasteiger charge is 2.23. The van der Waals surface area contributed by atoms with Gasteiger partial charge in [0.05, 0.1) is 6.07 Å². The standard InChI is InChI=1S/C8H17N3O2S/c1-5-8(6-9)10-14(12,13)11(4)7(2)3/h7-8,10H,5H2,1-4H3. The first-order chi connectivity index (χ1) is 6.35. The Bertz CT molecular complexity index is 305. The van der Waals surface area contributed by atoms with Crippen molar-refractivity contribution in [3.05, 3.63) is 0 Å². The van der Waals surface area contributed by atoms with Crippen LogP contribution in [0.25, 0.3) is 0 Å². The summed E-state index contributed by atoms with van der Waals surface area (Å²) in [6, 6.07) is 1.11. The SMILES string of the molecule is CCC(C#N)NS(=O)(=O)N(C)C(C)C. The molecule has 0 aliphatic heterocycles. The molecule has 0 aromatic carbocycles. The molecule has 0 fully saturated rings. The molecule has 0 aliphatic rings. The lowest BCUT2D eigenvalue weighted by Crippen LogP contribution is -2.45. The van der Waals surface area contributed by atoms with Crippen LogP contribution in [0.3, 0.4) is 0 Å². The van der Waals surface area contributed by atoms with Crippen LogP contribution >= 0.6 is 0 Å². The third-order valence-electron chi connectivity index (χ3n) is 1.96. The fourth-order valence-corrected chi connectivity index (χ4v) is 2.04. The number of hydrogen-bond donors (Lipinski definition) is 1. The second-order valence-electron chi connectivity index (χ2n) is 3.32. The van der Waals surface area contributed by atoms with Gasteiger partial charge in [-0.15, -0.1) is 0 Å². The predicted octanol–water partition coefficient (Wildman–Crippen LogP) is 0.463. The lowest BCUT2D eigenvalue weighted by atomic mass is 10.3. The Labute approximate surface area is 85.9 Å². The Morgan fingerprint density at radius 3 is 2.29 bits per heavy atom. The minimum absolute atomic E-state index is 0.122. The van der Waals surface area contributed by atoms with E-state index in [9.17, 15) is 8.42 Å². The molecule has 6 heteroatoms. The molecule has 0 amide bonds. The molecule has 14 heavy (non-hydrogen) atoms. The number of rotatable bonds is 5. The van der Waals surface area contributed by atoms with E-state index in [2.05, 4.69) is 4.72 Å². The van der Waals surface area contributed by atoms with E-state index >= 15 is 0 Å². The monoisotopic (exact) mass is 219 g/mol. The molecule has 5 nitrogen and oxygen atoms in total. The second-order valence-corrected chi connectivity index (χ2v) is 5.08. The van der Waals surface area contributed by atoms with Crippen molar-refractivity contribution in [3.8, 4) is 6.07 Å². The maximum atomic E-state index is 11.6. The fourth-order valence-electron chi connectivity index (χ4n) is 0.741. The summed E-state index contributed by atoms with van der Waals surface area (Å²) in [7, 11) is -2.04. The molecule has 82 valence electrons. The van der Waals surface area contributed by atoms with Crippen molar-refractivity contribution in [2.45, 2.75) is 39.3 Å². The van der Waals surface area contributed by atoms with Gasteiger partial charge in [0.2, 0.25) is 0 Å². The van der Waals surface area contributed by atoms with Crippen LogP contribution in [0.2, 0.25) is 0 Å². The zero-order chi connectivity index (χ0) is 11.4. The topological polar surface area (TPSA) is 73.2 Å². The van der Waals surface area contributed by atoms with E-state index in [4.69, 9.17) is 5.26 Å². The first-order valence-electron chi connectivity index (χ1n) is 4.50. The van der Waals surface area contributed by atoms with E-state index in [1.165, 1.54) is 11.4 Å². The van der Waals surface area contributed by atoms with E-state index in [-0.39, 0.29) is 6.04 Å². The molecule has 0 saturated carbocycles. The van der Waals surface area contributed by atoms with E-state index < -0.39 is 16.3 Å². The summed E-state index contributed by atoms with van der Waals surface area (Å²) in [5.41, 5.74) is 0. The van der Waals surface area contributed by atoms with Gasteiger partial charge in [0.15, 0.2) is 0 Å². The molecule has 0 bridgehead atoms. The highest BCUT2D eigenvalue weighted by atomic mass is 32.2. The van der Waals surface area contributed by atoms with E-state index in [1.807, 2.05) is 6.07 Å². The van der Waals surface area contributed by atoms with Crippen molar-refractivity contribution >= 4 is 10.2 Å². The summed E-state index contributed by atoms with van der Waals surface area (Å²) in [4.78, 5) is 0. The van der Waals surface area contributed by atoms with Gasteiger partial charge >= 0.3 is 0 Å². The lowest BCUT2D eigenvalue weighted by Gasteiger charge is -2.22. The van der Waals surface area contributed by atoms with Gasteiger partial charge in [-0.2, -0.15) is 22.7 Å². The molecule has 0 aliphatic carbocycles. The Balaban J connectivity index is 4.59. The van der Waals surface area contributed by atoms with Gasteiger partial charge < -0.3 is 0 Å². The molecule has 0 radical (unpaired) electrons. The molecule has 0 aromatic heterocycles. The van der Waals surface area contributed by atoms with E-state index in [0.29, 0.717) is 6.42 Å².